The smallest absolute Gasteiger partial charge is 0.235 e. The second-order valence-electron chi connectivity index (χ2n) is 9.60. The lowest BCUT2D eigenvalue weighted by Gasteiger charge is -2.31. The summed E-state index contributed by atoms with van der Waals surface area (Å²) in [6.45, 7) is 8.59. The third-order valence-electron chi connectivity index (χ3n) is 7.05. The van der Waals surface area contributed by atoms with Gasteiger partial charge in [-0.15, -0.1) is 10.2 Å². The highest BCUT2D eigenvalue weighted by molar-refractivity contribution is 7.99. The van der Waals surface area contributed by atoms with Crippen LogP contribution in [0, 0.1) is 31.1 Å². The Labute approximate surface area is 209 Å². The average Bonchev–Trinajstić information content (AvgIpc) is 3.30. The number of carbonyl (C=O) groups excluding carboxylic acids is 1. The van der Waals surface area contributed by atoms with Gasteiger partial charge in [-0.3, -0.25) is 9.36 Å². The number of carbonyl (C=O) groups is 1. The molecule has 0 aromatic carbocycles. The number of furan rings is 1. The number of nitrogens with one attached hydrogen (secondary N) is 1. The highest BCUT2D eigenvalue weighted by Crippen LogP contribution is 2.41. The van der Waals surface area contributed by atoms with Gasteiger partial charge in [-0.1, -0.05) is 18.7 Å². The van der Waals surface area contributed by atoms with Crippen molar-refractivity contribution in [2.45, 2.75) is 64.2 Å². The van der Waals surface area contributed by atoms with Crippen molar-refractivity contribution < 1.29 is 9.21 Å². The molecule has 1 saturated heterocycles. The SMILES string of the molecule is Cc1c(C#N)c(NC(=O)CSc2nnc(N3CCC(C)CC3)n2C2CC2)n(Cc2ccco2)c1C. The highest BCUT2D eigenvalue weighted by Gasteiger charge is 2.33. The van der Waals surface area contributed by atoms with E-state index >= 15 is 0 Å². The van der Waals surface area contributed by atoms with Crippen LogP contribution in [0.25, 0.3) is 0 Å². The van der Waals surface area contributed by atoms with Crippen molar-refractivity contribution in [3.63, 3.8) is 0 Å². The van der Waals surface area contributed by atoms with Crippen LogP contribution >= 0.6 is 11.8 Å². The first kappa shape index (κ1) is 23.5. The number of aromatic nitrogens is 4. The van der Waals surface area contributed by atoms with Crippen molar-refractivity contribution in [1.29, 1.82) is 5.26 Å². The number of piperidine rings is 1. The molecule has 35 heavy (non-hydrogen) atoms. The maximum absolute atomic E-state index is 13.0. The van der Waals surface area contributed by atoms with Crippen molar-refractivity contribution in [3.8, 4) is 6.07 Å². The number of rotatable bonds is 8. The van der Waals surface area contributed by atoms with Crippen molar-refractivity contribution in [1.82, 2.24) is 19.3 Å². The van der Waals surface area contributed by atoms with Crippen LogP contribution in [0.5, 0.6) is 0 Å². The highest BCUT2D eigenvalue weighted by atomic mass is 32.2. The van der Waals surface area contributed by atoms with Crippen LogP contribution in [0.15, 0.2) is 28.0 Å². The van der Waals surface area contributed by atoms with Crippen LogP contribution < -0.4 is 10.2 Å². The summed E-state index contributed by atoms with van der Waals surface area (Å²) in [5.74, 6) is 2.97. The van der Waals surface area contributed by atoms with Crippen molar-refractivity contribution in [2.75, 3.05) is 29.1 Å². The Balaban J connectivity index is 1.31. The third kappa shape index (κ3) is 4.82. The molecule has 1 amide bonds. The molecule has 9 nitrogen and oxygen atoms in total. The molecule has 0 spiro atoms. The zero-order chi connectivity index (χ0) is 24.5. The molecule has 3 aromatic heterocycles. The first-order valence-electron chi connectivity index (χ1n) is 12.2. The second kappa shape index (κ2) is 9.82. The van der Waals surface area contributed by atoms with Gasteiger partial charge in [0.25, 0.3) is 0 Å². The van der Waals surface area contributed by atoms with E-state index in [1.165, 1.54) is 24.6 Å². The lowest BCUT2D eigenvalue weighted by Crippen LogP contribution is -2.34. The van der Waals surface area contributed by atoms with Gasteiger partial charge >= 0.3 is 0 Å². The van der Waals surface area contributed by atoms with E-state index in [0.29, 0.717) is 24.0 Å². The zero-order valence-electron chi connectivity index (χ0n) is 20.5. The summed E-state index contributed by atoms with van der Waals surface area (Å²) in [5.41, 5.74) is 2.26. The van der Waals surface area contributed by atoms with Gasteiger partial charge in [0.2, 0.25) is 11.9 Å². The molecular formula is C25H31N7O2S. The quantitative estimate of drug-likeness (QED) is 0.460. The van der Waals surface area contributed by atoms with E-state index in [-0.39, 0.29) is 11.7 Å². The lowest BCUT2D eigenvalue weighted by molar-refractivity contribution is -0.113. The Bertz CT molecular complexity index is 1240. The predicted octanol–water partition coefficient (Wildman–Crippen LogP) is 4.51. The number of thioether (sulfide) groups is 1. The minimum absolute atomic E-state index is 0.177. The first-order valence-corrected chi connectivity index (χ1v) is 13.2. The van der Waals surface area contributed by atoms with E-state index in [1.54, 1.807) is 6.26 Å². The summed E-state index contributed by atoms with van der Waals surface area (Å²) >= 11 is 1.40. The molecule has 1 N–H and O–H groups in total. The Morgan fingerprint density at radius 2 is 2.03 bits per heavy atom. The van der Waals surface area contributed by atoms with Gasteiger partial charge in [-0.25, -0.2) is 0 Å². The first-order chi connectivity index (χ1) is 17.0. The summed E-state index contributed by atoms with van der Waals surface area (Å²) in [6, 6.07) is 6.39. The molecule has 10 heteroatoms. The monoisotopic (exact) mass is 493 g/mol. The summed E-state index contributed by atoms with van der Waals surface area (Å²) in [4.78, 5) is 15.4. The molecular weight excluding hydrogens is 462 g/mol. The van der Waals surface area contributed by atoms with Crippen LogP contribution in [-0.4, -0.2) is 44.1 Å². The second-order valence-corrected chi connectivity index (χ2v) is 10.5. The molecule has 1 aliphatic carbocycles. The third-order valence-corrected chi connectivity index (χ3v) is 7.99. The minimum Gasteiger partial charge on any atom is -0.467 e. The summed E-state index contributed by atoms with van der Waals surface area (Å²) in [7, 11) is 0. The molecule has 0 radical (unpaired) electrons. The summed E-state index contributed by atoms with van der Waals surface area (Å²) in [5, 5.41) is 22.5. The van der Waals surface area contributed by atoms with E-state index in [1.807, 2.05) is 30.5 Å². The maximum Gasteiger partial charge on any atom is 0.235 e. The van der Waals surface area contributed by atoms with Gasteiger partial charge < -0.3 is 19.2 Å². The molecule has 1 saturated carbocycles. The number of nitrogens with zero attached hydrogens (tertiary/aromatic N) is 6. The van der Waals surface area contributed by atoms with E-state index in [4.69, 9.17) is 4.42 Å². The largest absolute Gasteiger partial charge is 0.467 e. The molecule has 0 atom stereocenters. The van der Waals surface area contributed by atoms with Crippen LogP contribution in [0.1, 0.15) is 61.2 Å². The van der Waals surface area contributed by atoms with Gasteiger partial charge in [0.05, 0.1) is 24.1 Å². The number of hydrogen-bond donors (Lipinski definition) is 1. The fourth-order valence-corrected chi connectivity index (χ4v) is 5.43. The predicted molar refractivity (Wildman–Crippen MR) is 135 cm³/mol. The van der Waals surface area contributed by atoms with Gasteiger partial charge in [-0.2, -0.15) is 5.26 Å². The van der Waals surface area contributed by atoms with Crippen LogP contribution in [0.4, 0.5) is 11.8 Å². The van der Waals surface area contributed by atoms with E-state index in [0.717, 1.165) is 60.0 Å². The fraction of sp³-hybridized carbons (Fsp3) is 0.520. The van der Waals surface area contributed by atoms with Crippen LogP contribution in [-0.2, 0) is 11.3 Å². The lowest BCUT2D eigenvalue weighted by atomic mass is 10.00. The maximum atomic E-state index is 13.0. The molecule has 184 valence electrons. The van der Waals surface area contributed by atoms with E-state index in [9.17, 15) is 10.1 Å². The fourth-order valence-electron chi connectivity index (χ4n) is 4.63. The summed E-state index contributed by atoms with van der Waals surface area (Å²) < 4.78 is 9.65. The number of anilines is 2. The zero-order valence-corrected chi connectivity index (χ0v) is 21.3. The Morgan fingerprint density at radius 1 is 1.26 bits per heavy atom. The number of nitriles is 1. The molecule has 4 heterocycles. The Kier molecular flexibility index (Phi) is 6.60. The standard InChI is InChI=1S/C25H31N7O2S/c1-16-8-10-30(11-9-16)24-28-29-25(32(24)19-6-7-19)35-15-22(33)27-23-21(13-26)17(2)18(3)31(23)14-20-5-4-12-34-20/h4-5,12,16,19H,6-11,14-15H2,1-3H3,(H,27,33). The van der Waals surface area contributed by atoms with E-state index in [2.05, 4.69) is 38.0 Å². The number of amides is 1. The molecule has 0 unspecified atom stereocenters. The normalized spacial score (nSPS) is 16.5. The van der Waals surface area contributed by atoms with Gasteiger partial charge in [-0.05, 0) is 63.1 Å². The van der Waals surface area contributed by atoms with Gasteiger partial charge in [0.1, 0.15) is 17.6 Å². The molecule has 0 bridgehead atoms. The minimum atomic E-state index is -0.177. The summed E-state index contributed by atoms with van der Waals surface area (Å²) in [6.07, 6.45) is 6.20. The number of hydrogen-bond acceptors (Lipinski definition) is 7. The van der Waals surface area contributed by atoms with Crippen molar-refractivity contribution >= 4 is 29.4 Å². The average molecular weight is 494 g/mol. The topological polar surface area (TPSA) is 105 Å². The molecule has 3 aromatic rings. The van der Waals surface area contributed by atoms with Crippen LogP contribution in [0.3, 0.4) is 0 Å². The molecule has 1 aliphatic heterocycles. The van der Waals surface area contributed by atoms with Gasteiger partial charge in [0.15, 0.2) is 5.16 Å². The molecule has 2 fully saturated rings. The Morgan fingerprint density at radius 3 is 2.69 bits per heavy atom. The van der Waals surface area contributed by atoms with Crippen molar-refractivity contribution in [2.24, 2.45) is 5.92 Å². The Hall–Kier alpha value is -3.19. The van der Waals surface area contributed by atoms with Crippen LogP contribution in [0.2, 0.25) is 0 Å². The van der Waals surface area contributed by atoms with Crippen molar-refractivity contribution in [3.05, 3.63) is 41.0 Å². The molecule has 2 aliphatic rings. The van der Waals surface area contributed by atoms with E-state index < -0.39 is 0 Å². The molecule has 5 rings (SSSR count). The van der Waals surface area contributed by atoms with Gasteiger partial charge in [0, 0.05) is 24.8 Å².